The van der Waals surface area contributed by atoms with Gasteiger partial charge in [0.1, 0.15) is 5.75 Å². The fourth-order valence-corrected chi connectivity index (χ4v) is 2.64. The zero-order chi connectivity index (χ0) is 16.8. The summed E-state index contributed by atoms with van der Waals surface area (Å²) in [6.07, 6.45) is 0. The summed E-state index contributed by atoms with van der Waals surface area (Å²) in [6, 6.07) is 15.2. The summed E-state index contributed by atoms with van der Waals surface area (Å²) >= 11 is 0. The van der Waals surface area contributed by atoms with Crippen molar-refractivity contribution in [1.29, 1.82) is 0 Å². The highest BCUT2D eigenvalue weighted by Crippen LogP contribution is 2.23. The summed E-state index contributed by atoms with van der Waals surface area (Å²) in [6.45, 7) is 5.55. The molecule has 0 aliphatic rings. The number of hydrogen-bond acceptors (Lipinski definition) is 4. The Balaban J connectivity index is 2.15. The fraction of sp³-hybridized carbons (Fsp3) is 0.316. The second-order valence-corrected chi connectivity index (χ2v) is 5.55. The Hall–Kier alpha value is -2.33. The molecule has 4 heteroatoms. The lowest BCUT2D eigenvalue weighted by molar-refractivity contribution is 0.0835. The van der Waals surface area contributed by atoms with E-state index in [2.05, 4.69) is 24.0 Å². The van der Waals surface area contributed by atoms with Crippen LogP contribution in [-0.2, 0) is 6.54 Å². The van der Waals surface area contributed by atoms with Crippen molar-refractivity contribution in [3.63, 3.8) is 0 Å². The van der Waals surface area contributed by atoms with Crippen LogP contribution in [0.4, 0.5) is 5.69 Å². The standard InChI is InChI=1S/C19H24N2O2/c1-4-21(13-15-8-6-5-7-9-15)14(2)19(22)16-10-11-18(23-3)17(20)12-16/h5-12,14H,4,13,20H2,1-3H3. The molecule has 1 atom stereocenters. The fourth-order valence-electron chi connectivity index (χ4n) is 2.64. The summed E-state index contributed by atoms with van der Waals surface area (Å²) in [5.74, 6) is 0.656. The molecule has 0 saturated heterocycles. The maximum Gasteiger partial charge on any atom is 0.179 e. The van der Waals surface area contributed by atoms with E-state index in [-0.39, 0.29) is 11.8 Å². The summed E-state index contributed by atoms with van der Waals surface area (Å²) in [4.78, 5) is 14.9. The third-order valence-electron chi connectivity index (χ3n) is 4.08. The molecule has 0 spiro atoms. The van der Waals surface area contributed by atoms with Crippen molar-refractivity contribution >= 4 is 11.5 Å². The van der Waals surface area contributed by atoms with E-state index in [9.17, 15) is 4.79 Å². The van der Waals surface area contributed by atoms with Crippen LogP contribution in [0.3, 0.4) is 0 Å². The smallest absolute Gasteiger partial charge is 0.179 e. The second kappa shape index (κ2) is 7.79. The molecule has 0 saturated carbocycles. The van der Waals surface area contributed by atoms with Gasteiger partial charge in [-0.1, -0.05) is 37.3 Å². The molecule has 0 radical (unpaired) electrons. The molecular weight excluding hydrogens is 288 g/mol. The topological polar surface area (TPSA) is 55.6 Å². The molecular formula is C19H24N2O2. The zero-order valence-electron chi connectivity index (χ0n) is 14.0. The minimum absolute atomic E-state index is 0.0668. The molecule has 2 aromatic rings. The molecule has 0 amide bonds. The number of likely N-dealkylation sites (N-methyl/N-ethyl adjacent to an activating group) is 1. The Kier molecular flexibility index (Phi) is 5.77. The van der Waals surface area contributed by atoms with E-state index < -0.39 is 0 Å². The highest BCUT2D eigenvalue weighted by Gasteiger charge is 2.22. The van der Waals surface area contributed by atoms with E-state index in [1.54, 1.807) is 25.3 Å². The Labute approximate surface area is 137 Å². The van der Waals surface area contributed by atoms with E-state index >= 15 is 0 Å². The van der Waals surface area contributed by atoms with Gasteiger partial charge < -0.3 is 10.5 Å². The number of benzene rings is 2. The first-order chi connectivity index (χ1) is 11.1. The lowest BCUT2D eigenvalue weighted by Gasteiger charge is -2.27. The Bertz CT molecular complexity index is 656. The number of nitrogen functional groups attached to an aromatic ring is 1. The average molecular weight is 312 g/mol. The number of nitrogens with zero attached hydrogens (tertiary/aromatic N) is 1. The van der Waals surface area contributed by atoms with E-state index in [4.69, 9.17) is 10.5 Å². The maximum atomic E-state index is 12.7. The quantitative estimate of drug-likeness (QED) is 0.629. The summed E-state index contributed by atoms with van der Waals surface area (Å²) in [5, 5.41) is 0. The molecule has 4 nitrogen and oxygen atoms in total. The Morgan fingerprint density at radius 1 is 1.22 bits per heavy atom. The SMILES string of the molecule is CCN(Cc1ccccc1)C(C)C(=O)c1ccc(OC)c(N)c1. The van der Waals surface area contributed by atoms with E-state index in [1.165, 1.54) is 5.56 Å². The lowest BCUT2D eigenvalue weighted by Crippen LogP contribution is -2.38. The third kappa shape index (κ3) is 4.11. The monoisotopic (exact) mass is 312 g/mol. The van der Waals surface area contributed by atoms with Gasteiger partial charge in [-0.3, -0.25) is 9.69 Å². The molecule has 0 aliphatic heterocycles. The Morgan fingerprint density at radius 2 is 1.91 bits per heavy atom. The molecule has 1 unspecified atom stereocenters. The molecule has 0 heterocycles. The first-order valence-corrected chi connectivity index (χ1v) is 7.82. The van der Waals surface area contributed by atoms with Crippen molar-refractivity contribution in [3.05, 3.63) is 59.7 Å². The second-order valence-electron chi connectivity index (χ2n) is 5.55. The first-order valence-electron chi connectivity index (χ1n) is 7.82. The van der Waals surface area contributed by atoms with Crippen LogP contribution in [0.25, 0.3) is 0 Å². The molecule has 0 aromatic heterocycles. The minimum atomic E-state index is -0.215. The van der Waals surface area contributed by atoms with Gasteiger partial charge in [-0.05, 0) is 37.2 Å². The van der Waals surface area contributed by atoms with Gasteiger partial charge in [0, 0.05) is 12.1 Å². The number of nitrogens with two attached hydrogens (primary N) is 1. The largest absolute Gasteiger partial charge is 0.495 e. The van der Waals surface area contributed by atoms with Gasteiger partial charge in [-0.2, -0.15) is 0 Å². The van der Waals surface area contributed by atoms with E-state index in [1.807, 2.05) is 25.1 Å². The van der Waals surface area contributed by atoms with Gasteiger partial charge in [0.05, 0.1) is 18.8 Å². The van der Waals surface area contributed by atoms with Crippen LogP contribution in [0.1, 0.15) is 29.8 Å². The number of hydrogen-bond donors (Lipinski definition) is 1. The van der Waals surface area contributed by atoms with Gasteiger partial charge in [0.15, 0.2) is 5.78 Å². The third-order valence-corrected chi connectivity index (χ3v) is 4.08. The van der Waals surface area contributed by atoms with Crippen LogP contribution in [-0.4, -0.2) is 30.4 Å². The number of rotatable bonds is 7. The molecule has 2 aromatic carbocycles. The van der Waals surface area contributed by atoms with Crippen LogP contribution in [0.15, 0.2) is 48.5 Å². The molecule has 122 valence electrons. The number of carbonyl (C=O) groups is 1. The van der Waals surface area contributed by atoms with Crippen LogP contribution in [0.2, 0.25) is 0 Å². The lowest BCUT2D eigenvalue weighted by atomic mass is 10.0. The van der Waals surface area contributed by atoms with Gasteiger partial charge in [0.25, 0.3) is 0 Å². The number of anilines is 1. The number of methoxy groups -OCH3 is 1. The van der Waals surface area contributed by atoms with Gasteiger partial charge in [0.2, 0.25) is 0 Å². The maximum absolute atomic E-state index is 12.7. The van der Waals surface area contributed by atoms with E-state index in [0.717, 1.165) is 13.1 Å². The zero-order valence-corrected chi connectivity index (χ0v) is 14.0. The van der Waals surface area contributed by atoms with Crippen LogP contribution < -0.4 is 10.5 Å². The van der Waals surface area contributed by atoms with Crippen LogP contribution >= 0.6 is 0 Å². The number of carbonyl (C=O) groups excluding carboxylic acids is 1. The highest BCUT2D eigenvalue weighted by atomic mass is 16.5. The molecule has 0 fully saturated rings. The molecule has 0 bridgehead atoms. The van der Waals surface area contributed by atoms with Crippen molar-refractivity contribution in [2.75, 3.05) is 19.4 Å². The Morgan fingerprint density at radius 3 is 2.48 bits per heavy atom. The summed E-state index contributed by atoms with van der Waals surface area (Å²) in [5.41, 5.74) is 8.20. The summed E-state index contributed by atoms with van der Waals surface area (Å²) in [7, 11) is 1.56. The molecule has 2 N–H and O–H groups in total. The van der Waals surface area contributed by atoms with Gasteiger partial charge in [-0.15, -0.1) is 0 Å². The normalized spacial score (nSPS) is 12.2. The van der Waals surface area contributed by atoms with Crippen molar-refractivity contribution in [1.82, 2.24) is 4.90 Å². The minimum Gasteiger partial charge on any atom is -0.495 e. The van der Waals surface area contributed by atoms with E-state index in [0.29, 0.717) is 17.0 Å². The molecule has 23 heavy (non-hydrogen) atoms. The predicted molar refractivity (Wildman–Crippen MR) is 93.7 cm³/mol. The first kappa shape index (κ1) is 17.0. The van der Waals surface area contributed by atoms with Crippen molar-refractivity contribution < 1.29 is 9.53 Å². The van der Waals surface area contributed by atoms with Crippen molar-refractivity contribution in [2.45, 2.75) is 26.4 Å². The molecule has 0 aliphatic carbocycles. The number of ketones is 1. The average Bonchev–Trinajstić information content (AvgIpc) is 2.59. The van der Waals surface area contributed by atoms with Gasteiger partial charge in [-0.25, -0.2) is 0 Å². The molecule has 2 rings (SSSR count). The van der Waals surface area contributed by atoms with Crippen LogP contribution in [0, 0.1) is 0 Å². The summed E-state index contributed by atoms with van der Waals surface area (Å²) < 4.78 is 5.14. The van der Waals surface area contributed by atoms with Crippen molar-refractivity contribution in [3.8, 4) is 5.75 Å². The van der Waals surface area contributed by atoms with Crippen molar-refractivity contribution in [2.24, 2.45) is 0 Å². The highest BCUT2D eigenvalue weighted by molar-refractivity contribution is 6.00. The predicted octanol–water partition coefficient (Wildman–Crippen LogP) is 3.37. The van der Waals surface area contributed by atoms with Crippen LogP contribution in [0.5, 0.6) is 5.75 Å². The number of Topliss-reactive ketones (excluding diaryl/α,β-unsaturated/α-hetero) is 1. The number of ether oxygens (including phenoxy) is 1. The van der Waals surface area contributed by atoms with Gasteiger partial charge >= 0.3 is 0 Å².